The number of rotatable bonds is 3. The lowest BCUT2D eigenvalue weighted by Crippen LogP contribution is -2.23. The Balaban J connectivity index is 2.77. The van der Waals surface area contributed by atoms with Crippen molar-refractivity contribution in [3.05, 3.63) is 35.4 Å². The van der Waals surface area contributed by atoms with E-state index in [0.29, 0.717) is 5.56 Å². The van der Waals surface area contributed by atoms with Crippen molar-refractivity contribution in [1.82, 2.24) is 0 Å². The maximum atomic E-state index is 11.8. The highest BCUT2D eigenvalue weighted by Crippen LogP contribution is 2.18. The van der Waals surface area contributed by atoms with Crippen LogP contribution >= 0.6 is 0 Å². The van der Waals surface area contributed by atoms with Crippen molar-refractivity contribution >= 4 is 5.97 Å². The van der Waals surface area contributed by atoms with Gasteiger partial charge in [0.1, 0.15) is 5.60 Å². The molecule has 1 aromatic carbocycles. The molecule has 0 amide bonds. The molecule has 1 atom stereocenters. The third kappa shape index (κ3) is 4.19. The SMILES string of the molecule is CO[C@H](C)c1ccc(C(=O)OC(C)(C)C)cc1. The van der Waals surface area contributed by atoms with Gasteiger partial charge >= 0.3 is 5.97 Å². The summed E-state index contributed by atoms with van der Waals surface area (Å²) in [5.74, 6) is -0.297. The molecule has 0 spiro atoms. The molecule has 3 heteroatoms. The molecule has 0 heterocycles. The second-order valence-corrected chi connectivity index (χ2v) is 5.00. The topological polar surface area (TPSA) is 35.5 Å². The smallest absolute Gasteiger partial charge is 0.338 e. The Morgan fingerprint density at radius 1 is 1.18 bits per heavy atom. The van der Waals surface area contributed by atoms with Crippen LogP contribution in [0.3, 0.4) is 0 Å². The molecule has 0 aromatic heterocycles. The third-order valence-corrected chi connectivity index (χ3v) is 2.37. The molecule has 0 saturated carbocycles. The highest BCUT2D eigenvalue weighted by Gasteiger charge is 2.17. The summed E-state index contributed by atoms with van der Waals surface area (Å²) in [7, 11) is 1.66. The zero-order valence-electron chi connectivity index (χ0n) is 11.1. The molecule has 1 rings (SSSR count). The van der Waals surface area contributed by atoms with Gasteiger partial charge in [0, 0.05) is 7.11 Å². The van der Waals surface area contributed by atoms with Crippen LogP contribution in [0.25, 0.3) is 0 Å². The molecular weight excluding hydrogens is 216 g/mol. The van der Waals surface area contributed by atoms with Crippen LogP contribution in [0.1, 0.15) is 49.7 Å². The monoisotopic (exact) mass is 236 g/mol. The van der Waals surface area contributed by atoms with Gasteiger partial charge in [0.2, 0.25) is 0 Å². The van der Waals surface area contributed by atoms with Gasteiger partial charge in [-0.05, 0) is 45.4 Å². The first-order valence-electron chi connectivity index (χ1n) is 5.69. The third-order valence-electron chi connectivity index (χ3n) is 2.37. The number of ether oxygens (including phenoxy) is 2. The molecule has 1 aromatic rings. The summed E-state index contributed by atoms with van der Waals surface area (Å²) in [6.07, 6.45) is 0.0303. The first-order chi connectivity index (χ1) is 7.83. The first-order valence-corrected chi connectivity index (χ1v) is 5.69. The summed E-state index contributed by atoms with van der Waals surface area (Å²) < 4.78 is 10.5. The summed E-state index contributed by atoms with van der Waals surface area (Å²) in [5.41, 5.74) is 1.14. The van der Waals surface area contributed by atoms with Gasteiger partial charge in [-0.2, -0.15) is 0 Å². The van der Waals surface area contributed by atoms with Crippen LogP contribution in [0.2, 0.25) is 0 Å². The Hall–Kier alpha value is -1.35. The summed E-state index contributed by atoms with van der Waals surface area (Å²) in [4.78, 5) is 11.8. The molecule has 0 aliphatic heterocycles. The molecular formula is C14H20O3. The Morgan fingerprint density at radius 2 is 1.71 bits per heavy atom. The molecule has 0 unspecified atom stereocenters. The van der Waals surface area contributed by atoms with Gasteiger partial charge < -0.3 is 9.47 Å². The lowest BCUT2D eigenvalue weighted by Gasteiger charge is -2.19. The van der Waals surface area contributed by atoms with Crippen LogP contribution in [0.5, 0.6) is 0 Å². The fourth-order valence-electron chi connectivity index (χ4n) is 1.36. The van der Waals surface area contributed by atoms with Crippen molar-refractivity contribution in [2.45, 2.75) is 39.4 Å². The molecule has 0 aliphatic rings. The van der Waals surface area contributed by atoms with Gasteiger partial charge in [-0.3, -0.25) is 0 Å². The van der Waals surface area contributed by atoms with E-state index in [1.807, 2.05) is 39.8 Å². The van der Waals surface area contributed by atoms with Gasteiger partial charge in [-0.1, -0.05) is 12.1 Å². The largest absolute Gasteiger partial charge is 0.456 e. The van der Waals surface area contributed by atoms with E-state index in [2.05, 4.69) is 0 Å². The predicted molar refractivity (Wildman–Crippen MR) is 67.0 cm³/mol. The maximum absolute atomic E-state index is 11.8. The molecule has 0 radical (unpaired) electrons. The molecule has 3 nitrogen and oxygen atoms in total. The van der Waals surface area contributed by atoms with Crippen molar-refractivity contribution in [2.24, 2.45) is 0 Å². The van der Waals surface area contributed by atoms with E-state index in [4.69, 9.17) is 9.47 Å². The van der Waals surface area contributed by atoms with E-state index in [0.717, 1.165) is 5.56 Å². The Morgan fingerprint density at radius 3 is 2.12 bits per heavy atom. The summed E-state index contributed by atoms with van der Waals surface area (Å²) in [6.45, 7) is 7.52. The lowest BCUT2D eigenvalue weighted by atomic mass is 10.1. The van der Waals surface area contributed by atoms with Gasteiger partial charge in [-0.15, -0.1) is 0 Å². The van der Waals surface area contributed by atoms with E-state index < -0.39 is 5.60 Å². The fraction of sp³-hybridized carbons (Fsp3) is 0.500. The molecule has 94 valence electrons. The minimum absolute atomic E-state index is 0.0303. The Kier molecular flexibility index (Phi) is 4.29. The van der Waals surface area contributed by atoms with E-state index in [1.54, 1.807) is 19.2 Å². The summed E-state index contributed by atoms with van der Waals surface area (Å²) in [6, 6.07) is 7.29. The van der Waals surface area contributed by atoms with Crippen molar-refractivity contribution in [2.75, 3.05) is 7.11 Å². The summed E-state index contributed by atoms with van der Waals surface area (Å²) in [5, 5.41) is 0. The number of esters is 1. The number of carbonyl (C=O) groups excluding carboxylic acids is 1. The highest BCUT2D eigenvalue weighted by molar-refractivity contribution is 5.89. The van der Waals surface area contributed by atoms with Crippen molar-refractivity contribution in [1.29, 1.82) is 0 Å². The van der Waals surface area contributed by atoms with Gasteiger partial charge in [0.05, 0.1) is 11.7 Å². The maximum Gasteiger partial charge on any atom is 0.338 e. The number of carbonyl (C=O) groups is 1. The molecule has 0 aliphatic carbocycles. The standard InChI is InChI=1S/C14H20O3/c1-10(16-5)11-6-8-12(9-7-11)13(15)17-14(2,3)4/h6-10H,1-5H3/t10-/m1/s1. The van der Waals surface area contributed by atoms with Crippen molar-refractivity contribution < 1.29 is 14.3 Å². The van der Waals surface area contributed by atoms with Crippen LogP contribution < -0.4 is 0 Å². The normalized spacial score (nSPS) is 13.2. The Bertz CT molecular complexity index is 373. The van der Waals surface area contributed by atoms with Crippen molar-refractivity contribution in [3.8, 4) is 0 Å². The summed E-state index contributed by atoms with van der Waals surface area (Å²) >= 11 is 0. The molecule has 17 heavy (non-hydrogen) atoms. The fourth-order valence-corrected chi connectivity index (χ4v) is 1.36. The van der Waals surface area contributed by atoms with E-state index in [9.17, 15) is 4.79 Å². The Labute approximate surface area is 103 Å². The van der Waals surface area contributed by atoms with Crippen LogP contribution in [0, 0.1) is 0 Å². The molecule has 0 bridgehead atoms. The number of methoxy groups -OCH3 is 1. The minimum atomic E-state index is -0.463. The highest BCUT2D eigenvalue weighted by atomic mass is 16.6. The quantitative estimate of drug-likeness (QED) is 0.755. The van der Waals surface area contributed by atoms with Gasteiger partial charge in [0.25, 0.3) is 0 Å². The zero-order valence-corrected chi connectivity index (χ0v) is 11.1. The number of hydrogen-bond donors (Lipinski definition) is 0. The van der Waals surface area contributed by atoms with Crippen LogP contribution in [-0.4, -0.2) is 18.7 Å². The van der Waals surface area contributed by atoms with E-state index in [1.165, 1.54) is 0 Å². The minimum Gasteiger partial charge on any atom is -0.456 e. The second-order valence-electron chi connectivity index (χ2n) is 5.00. The van der Waals surface area contributed by atoms with Gasteiger partial charge in [-0.25, -0.2) is 4.79 Å². The number of benzene rings is 1. The second kappa shape index (κ2) is 5.32. The van der Waals surface area contributed by atoms with E-state index >= 15 is 0 Å². The lowest BCUT2D eigenvalue weighted by molar-refractivity contribution is 0.00694. The molecule has 0 N–H and O–H groups in total. The van der Waals surface area contributed by atoms with Gasteiger partial charge in [0.15, 0.2) is 0 Å². The van der Waals surface area contributed by atoms with Crippen LogP contribution in [-0.2, 0) is 9.47 Å². The average Bonchev–Trinajstić information content (AvgIpc) is 2.26. The molecule has 0 saturated heterocycles. The van der Waals surface area contributed by atoms with Crippen LogP contribution in [0.15, 0.2) is 24.3 Å². The average molecular weight is 236 g/mol. The predicted octanol–water partition coefficient (Wildman–Crippen LogP) is 3.35. The zero-order chi connectivity index (χ0) is 13.1. The molecule has 0 fully saturated rings. The first kappa shape index (κ1) is 13.7. The van der Waals surface area contributed by atoms with Crippen LogP contribution in [0.4, 0.5) is 0 Å². The number of hydrogen-bond acceptors (Lipinski definition) is 3. The van der Waals surface area contributed by atoms with E-state index in [-0.39, 0.29) is 12.1 Å². The van der Waals surface area contributed by atoms with Crippen molar-refractivity contribution in [3.63, 3.8) is 0 Å².